The largest absolute Gasteiger partial charge is 0.338 e. The van der Waals surface area contributed by atoms with Crippen molar-refractivity contribution in [3.8, 4) is 0 Å². The van der Waals surface area contributed by atoms with E-state index in [4.69, 9.17) is 0 Å². The lowest BCUT2D eigenvalue weighted by molar-refractivity contribution is -0.141. The molecule has 0 N–H and O–H groups in total. The molecular formula is C19H24N4O2. The van der Waals surface area contributed by atoms with Crippen molar-refractivity contribution in [3.63, 3.8) is 0 Å². The molecular weight excluding hydrogens is 316 g/mol. The molecule has 0 saturated carbocycles. The Bertz CT molecular complexity index is 741. The molecule has 2 amide bonds. The van der Waals surface area contributed by atoms with E-state index in [9.17, 15) is 9.59 Å². The Morgan fingerprint density at radius 3 is 2.56 bits per heavy atom. The fourth-order valence-electron chi connectivity index (χ4n) is 3.39. The third-order valence-electron chi connectivity index (χ3n) is 4.84. The SMILES string of the molecule is CC(=O)N1CCN(C(=O)CCc2ccnn2C)C[C@@H]1c1ccccc1. The van der Waals surface area contributed by atoms with Crippen molar-refractivity contribution in [1.82, 2.24) is 19.6 Å². The number of aryl methyl sites for hydroxylation is 2. The Labute approximate surface area is 148 Å². The first kappa shape index (κ1) is 17.2. The van der Waals surface area contributed by atoms with Crippen LogP contribution in [-0.4, -0.2) is 51.0 Å². The van der Waals surface area contributed by atoms with Crippen LogP contribution in [0, 0.1) is 0 Å². The number of carbonyl (C=O) groups excluding carboxylic acids is 2. The Hall–Kier alpha value is -2.63. The summed E-state index contributed by atoms with van der Waals surface area (Å²) in [6, 6.07) is 11.8. The maximum Gasteiger partial charge on any atom is 0.223 e. The molecule has 0 aliphatic carbocycles. The first-order chi connectivity index (χ1) is 12.1. The molecule has 1 fully saturated rings. The minimum atomic E-state index is -0.0758. The van der Waals surface area contributed by atoms with Gasteiger partial charge in [-0.1, -0.05) is 30.3 Å². The number of amides is 2. The van der Waals surface area contributed by atoms with Crippen LogP contribution in [-0.2, 0) is 23.1 Å². The molecule has 1 aliphatic rings. The van der Waals surface area contributed by atoms with E-state index < -0.39 is 0 Å². The van der Waals surface area contributed by atoms with Crippen molar-refractivity contribution in [2.45, 2.75) is 25.8 Å². The number of benzene rings is 1. The predicted molar refractivity (Wildman–Crippen MR) is 94.7 cm³/mol. The number of nitrogens with zero attached hydrogens (tertiary/aromatic N) is 4. The number of aromatic nitrogens is 2. The Morgan fingerprint density at radius 2 is 1.92 bits per heavy atom. The van der Waals surface area contributed by atoms with Crippen LogP contribution in [0.3, 0.4) is 0 Å². The average Bonchev–Trinajstić information content (AvgIpc) is 3.04. The van der Waals surface area contributed by atoms with Gasteiger partial charge in [-0.2, -0.15) is 5.10 Å². The normalized spacial score (nSPS) is 17.6. The zero-order chi connectivity index (χ0) is 17.8. The summed E-state index contributed by atoms with van der Waals surface area (Å²) in [5, 5.41) is 4.14. The van der Waals surface area contributed by atoms with Crippen molar-refractivity contribution < 1.29 is 9.59 Å². The monoisotopic (exact) mass is 340 g/mol. The summed E-state index contributed by atoms with van der Waals surface area (Å²) in [5.41, 5.74) is 2.12. The Kier molecular flexibility index (Phi) is 5.16. The predicted octanol–water partition coefficient (Wildman–Crippen LogP) is 1.78. The molecule has 0 unspecified atom stereocenters. The maximum absolute atomic E-state index is 12.7. The second-order valence-electron chi connectivity index (χ2n) is 6.42. The van der Waals surface area contributed by atoms with E-state index in [0.717, 1.165) is 11.3 Å². The van der Waals surface area contributed by atoms with E-state index in [-0.39, 0.29) is 17.9 Å². The summed E-state index contributed by atoms with van der Waals surface area (Å²) in [6.45, 7) is 3.31. The molecule has 0 radical (unpaired) electrons. The minimum Gasteiger partial charge on any atom is -0.338 e. The Morgan fingerprint density at radius 1 is 1.16 bits per heavy atom. The average molecular weight is 340 g/mol. The summed E-state index contributed by atoms with van der Waals surface area (Å²) in [6.07, 6.45) is 2.89. The molecule has 2 heterocycles. The van der Waals surface area contributed by atoms with Gasteiger partial charge in [0.2, 0.25) is 11.8 Å². The molecule has 1 aromatic heterocycles. The number of hydrogen-bond donors (Lipinski definition) is 0. The summed E-state index contributed by atoms with van der Waals surface area (Å²) < 4.78 is 1.80. The van der Waals surface area contributed by atoms with Gasteiger partial charge in [-0.25, -0.2) is 0 Å². The standard InChI is InChI=1S/C19H24N4O2/c1-15(24)23-13-12-22(14-18(23)16-6-4-3-5-7-16)19(25)9-8-17-10-11-20-21(17)2/h3-7,10-11,18H,8-9,12-14H2,1-2H3/t18-/m1/s1. The van der Waals surface area contributed by atoms with Crippen molar-refractivity contribution >= 4 is 11.8 Å². The van der Waals surface area contributed by atoms with Crippen molar-refractivity contribution in [3.05, 3.63) is 53.9 Å². The van der Waals surface area contributed by atoms with Gasteiger partial charge in [-0.05, 0) is 18.1 Å². The van der Waals surface area contributed by atoms with E-state index in [1.54, 1.807) is 17.8 Å². The van der Waals surface area contributed by atoms with Crippen LogP contribution >= 0.6 is 0 Å². The van der Waals surface area contributed by atoms with Gasteiger partial charge in [0.1, 0.15) is 0 Å². The second kappa shape index (κ2) is 7.51. The number of rotatable bonds is 4. The number of hydrogen-bond acceptors (Lipinski definition) is 3. The highest BCUT2D eigenvalue weighted by Crippen LogP contribution is 2.26. The molecule has 1 aromatic carbocycles. The molecule has 0 bridgehead atoms. The third kappa shape index (κ3) is 3.90. The topological polar surface area (TPSA) is 58.4 Å². The van der Waals surface area contributed by atoms with Crippen LogP contribution in [0.2, 0.25) is 0 Å². The van der Waals surface area contributed by atoms with Gasteiger partial charge < -0.3 is 9.80 Å². The number of carbonyl (C=O) groups is 2. The molecule has 0 spiro atoms. The number of piperazine rings is 1. The van der Waals surface area contributed by atoms with E-state index >= 15 is 0 Å². The van der Waals surface area contributed by atoms with Crippen LogP contribution in [0.15, 0.2) is 42.6 Å². The zero-order valence-corrected chi connectivity index (χ0v) is 14.8. The molecule has 1 atom stereocenters. The van der Waals surface area contributed by atoms with Crippen LogP contribution in [0.4, 0.5) is 0 Å². The molecule has 132 valence electrons. The fraction of sp³-hybridized carbons (Fsp3) is 0.421. The maximum atomic E-state index is 12.7. The molecule has 6 nitrogen and oxygen atoms in total. The highest BCUT2D eigenvalue weighted by atomic mass is 16.2. The van der Waals surface area contributed by atoms with Gasteiger partial charge in [0, 0.05) is 51.9 Å². The zero-order valence-electron chi connectivity index (χ0n) is 14.8. The molecule has 2 aromatic rings. The van der Waals surface area contributed by atoms with Crippen molar-refractivity contribution in [2.75, 3.05) is 19.6 Å². The lowest BCUT2D eigenvalue weighted by Gasteiger charge is -2.41. The van der Waals surface area contributed by atoms with Gasteiger partial charge in [0.25, 0.3) is 0 Å². The molecule has 6 heteroatoms. The Balaban J connectivity index is 1.68. The van der Waals surface area contributed by atoms with Crippen LogP contribution in [0.5, 0.6) is 0 Å². The molecule has 25 heavy (non-hydrogen) atoms. The van der Waals surface area contributed by atoms with Gasteiger partial charge in [0.05, 0.1) is 6.04 Å². The van der Waals surface area contributed by atoms with Crippen LogP contribution in [0.1, 0.15) is 30.6 Å². The molecule has 3 rings (SSSR count). The van der Waals surface area contributed by atoms with E-state index in [1.165, 1.54) is 0 Å². The van der Waals surface area contributed by atoms with E-state index in [0.29, 0.717) is 32.5 Å². The highest BCUT2D eigenvalue weighted by Gasteiger charge is 2.31. The van der Waals surface area contributed by atoms with E-state index in [1.807, 2.05) is 53.2 Å². The first-order valence-electron chi connectivity index (χ1n) is 8.63. The first-order valence-corrected chi connectivity index (χ1v) is 8.63. The summed E-state index contributed by atoms with van der Waals surface area (Å²) in [5.74, 6) is 0.182. The van der Waals surface area contributed by atoms with Gasteiger partial charge in [-0.15, -0.1) is 0 Å². The van der Waals surface area contributed by atoms with Gasteiger partial charge in [-0.3, -0.25) is 14.3 Å². The van der Waals surface area contributed by atoms with Crippen LogP contribution < -0.4 is 0 Å². The lowest BCUT2D eigenvalue weighted by Crippen LogP contribution is -2.51. The van der Waals surface area contributed by atoms with Crippen LogP contribution in [0.25, 0.3) is 0 Å². The summed E-state index contributed by atoms with van der Waals surface area (Å²) in [7, 11) is 1.89. The van der Waals surface area contributed by atoms with E-state index in [2.05, 4.69) is 5.10 Å². The highest BCUT2D eigenvalue weighted by molar-refractivity contribution is 5.78. The molecule has 1 aliphatic heterocycles. The summed E-state index contributed by atoms with van der Waals surface area (Å²) in [4.78, 5) is 28.4. The molecule has 1 saturated heterocycles. The van der Waals surface area contributed by atoms with Gasteiger partial charge in [0.15, 0.2) is 0 Å². The van der Waals surface area contributed by atoms with Gasteiger partial charge >= 0.3 is 0 Å². The second-order valence-corrected chi connectivity index (χ2v) is 6.42. The lowest BCUT2D eigenvalue weighted by atomic mass is 10.0. The smallest absolute Gasteiger partial charge is 0.223 e. The quantitative estimate of drug-likeness (QED) is 0.852. The summed E-state index contributed by atoms with van der Waals surface area (Å²) >= 11 is 0. The minimum absolute atomic E-state index is 0.0517. The van der Waals surface area contributed by atoms with Crippen molar-refractivity contribution in [2.24, 2.45) is 7.05 Å². The fourth-order valence-corrected chi connectivity index (χ4v) is 3.39. The third-order valence-corrected chi connectivity index (χ3v) is 4.84. The van der Waals surface area contributed by atoms with Crippen molar-refractivity contribution in [1.29, 1.82) is 0 Å².